The largest absolute Gasteiger partial charge is 0.328 e. The van der Waals surface area contributed by atoms with Gasteiger partial charge in [0.15, 0.2) is 0 Å². The van der Waals surface area contributed by atoms with Crippen molar-refractivity contribution >= 4 is 11.3 Å². The summed E-state index contributed by atoms with van der Waals surface area (Å²) < 4.78 is 2.29. The van der Waals surface area contributed by atoms with Gasteiger partial charge in [-0.05, 0) is 30.7 Å². The third-order valence-electron chi connectivity index (χ3n) is 3.25. The van der Waals surface area contributed by atoms with Gasteiger partial charge in [-0.15, -0.1) is 11.3 Å². The van der Waals surface area contributed by atoms with E-state index in [2.05, 4.69) is 33.3 Å². The lowest BCUT2D eigenvalue weighted by atomic mass is 10.2. The molecule has 2 aromatic rings. The molecule has 2 atom stereocenters. The van der Waals surface area contributed by atoms with Crippen molar-refractivity contribution in [3.05, 3.63) is 29.9 Å². The first-order chi connectivity index (χ1) is 7.84. The van der Waals surface area contributed by atoms with E-state index in [0.717, 1.165) is 18.7 Å². The van der Waals surface area contributed by atoms with Crippen LogP contribution in [0, 0.1) is 0 Å². The summed E-state index contributed by atoms with van der Waals surface area (Å²) in [6.45, 7) is 0. The maximum atomic E-state index is 5.97. The molecule has 0 amide bonds. The maximum absolute atomic E-state index is 5.97. The summed E-state index contributed by atoms with van der Waals surface area (Å²) >= 11 is 1.74. The van der Waals surface area contributed by atoms with Crippen molar-refractivity contribution in [3.63, 3.8) is 0 Å². The van der Waals surface area contributed by atoms with E-state index in [1.54, 1.807) is 11.3 Å². The fourth-order valence-electron chi connectivity index (χ4n) is 2.45. The van der Waals surface area contributed by atoms with Crippen LogP contribution in [0.5, 0.6) is 0 Å². The molecule has 3 rings (SSSR count). The number of rotatable bonds is 2. The van der Waals surface area contributed by atoms with Gasteiger partial charge in [0.2, 0.25) is 0 Å². The highest BCUT2D eigenvalue weighted by molar-refractivity contribution is 7.13. The second kappa shape index (κ2) is 4.03. The molecule has 0 bridgehead atoms. The second-order valence-corrected chi connectivity index (χ2v) is 5.31. The highest BCUT2D eigenvalue weighted by Crippen LogP contribution is 2.33. The predicted molar refractivity (Wildman–Crippen MR) is 66.4 cm³/mol. The Hall–Kier alpha value is -1.13. The Bertz CT molecular complexity index is 460. The highest BCUT2D eigenvalue weighted by atomic mass is 32.1. The van der Waals surface area contributed by atoms with E-state index >= 15 is 0 Å². The molecule has 2 N–H and O–H groups in total. The normalized spacial score (nSPS) is 25.1. The molecule has 2 unspecified atom stereocenters. The Morgan fingerprint density at radius 3 is 3.06 bits per heavy atom. The van der Waals surface area contributed by atoms with Crippen molar-refractivity contribution in [2.45, 2.75) is 31.3 Å². The summed E-state index contributed by atoms with van der Waals surface area (Å²) in [6.07, 6.45) is 7.36. The van der Waals surface area contributed by atoms with E-state index in [0.29, 0.717) is 12.1 Å². The molecule has 0 radical (unpaired) electrons. The monoisotopic (exact) mass is 233 g/mol. The van der Waals surface area contributed by atoms with Gasteiger partial charge < -0.3 is 10.3 Å². The van der Waals surface area contributed by atoms with Gasteiger partial charge in [-0.3, -0.25) is 0 Å². The van der Waals surface area contributed by atoms with Crippen LogP contribution in [0.3, 0.4) is 0 Å². The van der Waals surface area contributed by atoms with Crippen LogP contribution in [0.2, 0.25) is 0 Å². The van der Waals surface area contributed by atoms with Crippen LogP contribution < -0.4 is 5.73 Å². The fraction of sp³-hybridized carbons (Fsp3) is 0.417. The van der Waals surface area contributed by atoms with Crippen LogP contribution in [-0.4, -0.2) is 15.6 Å². The van der Waals surface area contributed by atoms with E-state index in [1.807, 2.05) is 6.20 Å². The summed E-state index contributed by atoms with van der Waals surface area (Å²) in [6, 6.07) is 5.09. The molecular weight excluding hydrogens is 218 g/mol. The Kier molecular flexibility index (Phi) is 2.53. The quantitative estimate of drug-likeness (QED) is 0.866. The average Bonchev–Trinajstić information content (AvgIpc) is 2.96. The number of hydrogen-bond acceptors (Lipinski definition) is 3. The van der Waals surface area contributed by atoms with E-state index in [1.165, 1.54) is 11.3 Å². The molecule has 1 aliphatic carbocycles. The third-order valence-corrected chi connectivity index (χ3v) is 4.11. The van der Waals surface area contributed by atoms with Crippen LogP contribution in [0.4, 0.5) is 0 Å². The number of thiophene rings is 1. The Balaban J connectivity index is 1.94. The van der Waals surface area contributed by atoms with Crippen molar-refractivity contribution in [2.75, 3.05) is 0 Å². The molecule has 0 aliphatic heterocycles. The minimum atomic E-state index is 0.364. The first kappa shape index (κ1) is 10.1. The molecule has 2 aromatic heterocycles. The van der Waals surface area contributed by atoms with Crippen LogP contribution in [0.1, 0.15) is 25.3 Å². The zero-order valence-electron chi connectivity index (χ0n) is 9.04. The predicted octanol–water partition coefficient (Wildman–Crippen LogP) is 2.66. The molecule has 1 saturated carbocycles. The zero-order valence-corrected chi connectivity index (χ0v) is 9.86. The molecule has 1 aliphatic rings. The van der Waals surface area contributed by atoms with Gasteiger partial charge in [-0.1, -0.05) is 6.07 Å². The van der Waals surface area contributed by atoms with Gasteiger partial charge >= 0.3 is 0 Å². The van der Waals surface area contributed by atoms with Gasteiger partial charge in [0.1, 0.15) is 5.82 Å². The highest BCUT2D eigenvalue weighted by Gasteiger charge is 2.25. The number of nitrogens with two attached hydrogens (primary N) is 1. The molecule has 2 heterocycles. The van der Waals surface area contributed by atoms with Crippen molar-refractivity contribution in [3.8, 4) is 10.7 Å². The molecule has 1 fully saturated rings. The Morgan fingerprint density at radius 2 is 2.38 bits per heavy atom. The average molecular weight is 233 g/mol. The minimum absolute atomic E-state index is 0.364. The van der Waals surface area contributed by atoms with E-state index in [4.69, 9.17) is 5.73 Å². The summed E-state index contributed by atoms with van der Waals surface area (Å²) in [7, 11) is 0. The van der Waals surface area contributed by atoms with Crippen molar-refractivity contribution < 1.29 is 0 Å². The van der Waals surface area contributed by atoms with Crippen molar-refractivity contribution in [1.29, 1.82) is 0 Å². The fourth-order valence-corrected chi connectivity index (χ4v) is 3.17. The summed E-state index contributed by atoms with van der Waals surface area (Å²) in [5.41, 5.74) is 5.97. The van der Waals surface area contributed by atoms with Crippen LogP contribution >= 0.6 is 11.3 Å². The van der Waals surface area contributed by atoms with E-state index in [-0.39, 0.29) is 0 Å². The van der Waals surface area contributed by atoms with Gasteiger partial charge in [0, 0.05) is 24.5 Å². The minimum Gasteiger partial charge on any atom is -0.328 e. The molecule has 0 saturated heterocycles. The summed E-state index contributed by atoms with van der Waals surface area (Å²) in [5, 5.41) is 2.09. The number of aromatic nitrogens is 2. The first-order valence-electron chi connectivity index (χ1n) is 5.67. The summed E-state index contributed by atoms with van der Waals surface area (Å²) in [4.78, 5) is 5.70. The van der Waals surface area contributed by atoms with Crippen molar-refractivity contribution in [1.82, 2.24) is 9.55 Å². The van der Waals surface area contributed by atoms with Crippen molar-refractivity contribution in [2.24, 2.45) is 5.73 Å². The third kappa shape index (κ3) is 1.68. The number of imidazole rings is 1. The standard InChI is InChI=1S/C12H15N3S/c13-9-3-4-10(8-9)15-6-5-14-12(15)11-2-1-7-16-11/h1-2,5-7,9-10H,3-4,8,13H2. The van der Waals surface area contributed by atoms with Gasteiger partial charge in [-0.2, -0.15) is 0 Å². The molecule has 3 nitrogen and oxygen atoms in total. The summed E-state index contributed by atoms with van der Waals surface area (Å²) in [5.74, 6) is 1.09. The van der Waals surface area contributed by atoms with Crippen LogP contribution in [-0.2, 0) is 0 Å². The van der Waals surface area contributed by atoms with E-state index < -0.39 is 0 Å². The van der Waals surface area contributed by atoms with Crippen LogP contribution in [0.25, 0.3) is 10.7 Å². The topological polar surface area (TPSA) is 43.8 Å². The maximum Gasteiger partial charge on any atom is 0.150 e. The van der Waals surface area contributed by atoms with Crippen LogP contribution in [0.15, 0.2) is 29.9 Å². The number of nitrogens with zero attached hydrogens (tertiary/aromatic N) is 2. The smallest absolute Gasteiger partial charge is 0.150 e. The Labute approximate surface area is 98.9 Å². The molecule has 16 heavy (non-hydrogen) atoms. The molecule has 4 heteroatoms. The first-order valence-corrected chi connectivity index (χ1v) is 6.55. The number of hydrogen-bond donors (Lipinski definition) is 1. The van der Waals surface area contributed by atoms with Gasteiger partial charge in [0.25, 0.3) is 0 Å². The molecular formula is C12H15N3S. The van der Waals surface area contributed by atoms with Gasteiger partial charge in [-0.25, -0.2) is 4.98 Å². The Morgan fingerprint density at radius 1 is 1.44 bits per heavy atom. The zero-order chi connectivity index (χ0) is 11.0. The lowest BCUT2D eigenvalue weighted by molar-refractivity contribution is 0.515. The van der Waals surface area contributed by atoms with Gasteiger partial charge in [0.05, 0.1) is 4.88 Å². The molecule has 84 valence electrons. The molecule has 0 spiro atoms. The second-order valence-electron chi connectivity index (χ2n) is 4.36. The van der Waals surface area contributed by atoms with E-state index in [9.17, 15) is 0 Å². The SMILES string of the molecule is NC1CCC(n2ccnc2-c2cccs2)C1. The lowest BCUT2D eigenvalue weighted by Crippen LogP contribution is -2.16. The lowest BCUT2D eigenvalue weighted by Gasteiger charge is -2.14. The molecule has 0 aromatic carbocycles.